The van der Waals surface area contributed by atoms with Gasteiger partial charge in [0, 0.05) is 0 Å². The number of aromatic nitrogens is 2. The van der Waals surface area contributed by atoms with Crippen LogP contribution < -0.4 is 11.0 Å². The highest BCUT2D eigenvalue weighted by molar-refractivity contribution is 7.99. The smallest absolute Gasteiger partial charge is 0.266 e. The minimum atomic E-state index is -0.274. The molecule has 3 aromatic carbocycles. The van der Waals surface area contributed by atoms with Gasteiger partial charge in [-0.2, -0.15) is 5.10 Å². The number of nitrogens with zero attached hydrogens (tertiary/aromatic N) is 3. The highest BCUT2D eigenvalue weighted by atomic mass is 32.2. The van der Waals surface area contributed by atoms with Crippen molar-refractivity contribution in [1.29, 1.82) is 0 Å². The molecule has 1 amide bonds. The van der Waals surface area contributed by atoms with E-state index >= 15 is 0 Å². The van der Waals surface area contributed by atoms with E-state index in [0.717, 1.165) is 16.8 Å². The molecule has 6 nitrogen and oxygen atoms in total. The Morgan fingerprint density at radius 1 is 1.00 bits per heavy atom. The molecule has 0 bridgehead atoms. The molecule has 0 saturated heterocycles. The third-order valence-electron chi connectivity index (χ3n) is 4.97. The summed E-state index contributed by atoms with van der Waals surface area (Å²) in [6, 6.07) is 24.5. The summed E-state index contributed by atoms with van der Waals surface area (Å²) in [5.41, 5.74) is 6.37. The SMILES string of the molecule is CC(=NNC(=O)CSc1nc2ccccc2c(=O)n1-c1ccccc1C)c1ccccc1. The number of hydrazone groups is 1. The monoisotopic (exact) mass is 442 g/mol. The van der Waals surface area contributed by atoms with Crippen LogP contribution in [0, 0.1) is 6.92 Å². The molecule has 1 N–H and O–H groups in total. The number of carbonyl (C=O) groups is 1. The maximum atomic E-state index is 13.3. The van der Waals surface area contributed by atoms with Crippen LogP contribution in [0.3, 0.4) is 0 Å². The minimum absolute atomic E-state index is 0.0717. The summed E-state index contributed by atoms with van der Waals surface area (Å²) in [7, 11) is 0. The fourth-order valence-electron chi connectivity index (χ4n) is 3.29. The zero-order valence-electron chi connectivity index (χ0n) is 17.8. The Morgan fingerprint density at radius 2 is 1.69 bits per heavy atom. The van der Waals surface area contributed by atoms with E-state index in [0.29, 0.717) is 21.8 Å². The Balaban J connectivity index is 1.61. The van der Waals surface area contributed by atoms with Crippen LogP contribution in [0.4, 0.5) is 0 Å². The summed E-state index contributed by atoms with van der Waals surface area (Å²) < 4.78 is 1.58. The largest absolute Gasteiger partial charge is 0.272 e. The molecule has 0 radical (unpaired) electrons. The third-order valence-corrected chi connectivity index (χ3v) is 5.91. The van der Waals surface area contributed by atoms with Crippen LogP contribution in [-0.4, -0.2) is 26.9 Å². The van der Waals surface area contributed by atoms with Crippen LogP contribution >= 0.6 is 11.8 Å². The summed E-state index contributed by atoms with van der Waals surface area (Å²) in [6.07, 6.45) is 0. The average molecular weight is 443 g/mol. The van der Waals surface area contributed by atoms with Crippen molar-refractivity contribution in [3.8, 4) is 5.69 Å². The molecule has 0 aliphatic rings. The van der Waals surface area contributed by atoms with E-state index in [9.17, 15) is 9.59 Å². The third kappa shape index (κ3) is 4.63. The van der Waals surface area contributed by atoms with Gasteiger partial charge in [0.25, 0.3) is 11.5 Å². The lowest BCUT2D eigenvalue weighted by atomic mass is 10.1. The van der Waals surface area contributed by atoms with Crippen molar-refractivity contribution in [3.05, 3.63) is 100 Å². The van der Waals surface area contributed by atoms with E-state index in [-0.39, 0.29) is 17.2 Å². The number of thioether (sulfide) groups is 1. The maximum absolute atomic E-state index is 13.3. The van der Waals surface area contributed by atoms with Crippen molar-refractivity contribution in [2.24, 2.45) is 5.10 Å². The molecule has 0 aliphatic carbocycles. The van der Waals surface area contributed by atoms with Gasteiger partial charge in [0.1, 0.15) is 0 Å². The van der Waals surface area contributed by atoms with Gasteiger partial charge in [-0.25, -0.2) is 10.4 Å². The van der Waals surface area contributed by atoms with Gasteiger partial charge in [-0.05, 0) is 43.2 Å². The van der Waals surface area contributed by atoms with Gasteiger partial charge in [-0.15, -0.1) is 0 Å². The second kappa shape index (κ2) is 9.62. The summed E-state index contributed by atoms with van der Waals surface area (Å²) >= 11 is 1.21. The summed E-state index contributed by atoms with van der Waals surface area (Å²) in [5.74, 6) is -0.202. The first-order valence-electron chi connectivity index (χ1n) is 10.1. The normalized spacial score (nSPS) is 11.5. The van der Waals surface area contributed by atoms with Crippen LogP contribution in [0.15, 0.2) is 93.9 Å². The van der Waals surface area contributed by atoms with E-state index in [2.05, 4.69) is 15.5 Å². The predicted octanol–water partition coefficient (Wildman–Crippen LogP) is 4.33. The number of amides is 1. The molecule has 4 aromatic rings. The van der Waals surface area contributed by atoms with Gasteiger partial charge < -0.3 is 0 Å². The van der Waals surface area contributed by atoms with E-state index in [4.69, 9.17) is 0 Å². The molecule has 1 aromatic heterocycles. The molecule has 32 heavy (non-hydrogen) atoms. The number of para-hydroxylation sites is 2. The van der Waals surface area contributed by atoms with Crippen molar-refractivity contribution in [2.75, 3.05) is 5.75 Å². The number of nitrogens with one attached hydrogen (secondary N) is 1. The number of carbonyl (C=O) groups excluding carboxylic acids is 1. The molecule has 0 unspecified atom stereocenters. The Hall–Kier alpha value is -3.71. The minimum Gasteiger partial charge on any atom is -0.272 e. The first-order valence-corrected chi connectivity index (χ1v) is 11.1. The van der Waals surface area contributed by atoms with Gasteiger partial charge in [0.15, 0.2) is 5.16 Å². The number of hydrogen-bond donors (Lipinski definition) is 1. The van der Waals surface area contributed by atoms with Crippen molar-refractivity contribution in [2.45, 2.75) is 19.0 Å². The average Bonchev–Trinajstić information content (AvgIpc) is 2.82. The summed E-state index contributed by atoms with van der Waals surface area (Å²) in [6.45, 7) is 3.78. The van der Waals surface area contributed by atoms with Crippen LogP contribution in [0.2, 0.25) is 0 Å². The second-order valence-electron chi connectivity index (χ2n) is 7.23. The maximum Gasteiger partial charge on any atom is 0.266 e. The Labute approximate surface area is 190 Å². The second-order valence-corrected chi connectivity index (χ2v) is 8.17. The van der Waals surface area contributed by atoms with E-state index < -0.39 is 0 Å². The Bertz CT molecular complexity index is 1360. The van der Waals surface area contributed by atoms with Crippen molar-refractivity contribution in [3.63, 3.8) is 0 Å². The van der Waals surface area contributed by atoms with E-state index in [1.165, 1.54) is 11.8 Å². The fourth-order valence-corrected chi connectivity index (χ4v) is 4.09. The van der Waals surface area contributed by atoms with Crippen molar-refractivity contribution in [1.82, 2.24) is 15.0 Å². The first kappa shape index (κ1) is 21.5. The number of hydrogen-bond acceptors (Lipinski definition) is 5. The number of aryl methyl sites for hydroxylation is 1. The van der Waals surface area contributed by atoms with Crippen molar-refractivity contribution >= 4 is 34.3 Å². The van der Waals surface area contributed by atoms with Gasteiger partial charge >= 0.3 is 0 Å². The standard InChI is InChI=1S/C25H22N4O2S/c1-17-10-6-9-15-22(17)29-24(31)20-13-7-8-14-21(20)26-25(29)32-16-23(30)28-27-18(2)19-11-4-3-5-12-19/h3-15H,16H2,1-2H3,(H,28,30). The van der Waals surface area contributed by atoms with Crippen LogP contribution in [-0.2, 0) is 4.79 Å². The highest BCUT2D eigenvalue weighted by Gasteiger charge is 2.15. The van der Waals surface area contributed by atoms with E-state index in [1.54, 1.807) is 16.7 Å². The van der Waals surface area contributed by atoms with Crippen LogP contribution in [0.5, 0.6) is 0 Å². The molecule has 0 fully saturated rings. The zero-order chi connectivity index (χ0) is 22.5. The quantitative estimate of drug-likeness (QED) is 0.209. The molecule has 4 rings (SSSR count). The highest BCUT2D eigenvalue weighted by Crippen LogP contribution is 2.23. The van der Waals surface area contributed by atoms with Gasteiger partial charge in [-0.3, -0.25) is 14.2 Å². The first-order chi connectivity index (χ1) is 15.5. The van der Waals surface area contributed by atoms with E-state index in [1.807, 2.05) is 80.6 Å². The van der Waals surface area contributed by atoms with Gasteiger partial charge in [0.2, 0.25) is 0 Å². The summed E-state index contributed by atoms with van der Waals surface area (Å²) in [5, 5.41) is 5.18. The number of benzene rings is 3. The molecule has 0 saturated carbocycles. The van der Waals surface area contributed by atoms with Crippen molar-refractivity contribution < 1.29 is 4.79 Å². The molecule has 7 heteroatoms. The zero-order valence-corrected chi connectivity index (χ0v) is 18.6. The topological polar surface area (TPSA) is 76.3 Å². The lowest BCUT2D eigenvalue weighted by molar-refractivity contribution is -0.118. The van der Waals surface area contributed by atoms with Gasteiger partial charge in [-0.1, -0.05) is 72.4 Å². The molecular weight excluding hydrogens is 420 g/mol. The Kier molecular flexibility index (Phi) is 6.47. The molecular formula is C25H22N4O2S. The molecule has 0 atom stereocenters. The molecule has 160 valence electrons. The predicted molar refractivity (Wildman–Crippen MR) is 130 cm³/mol. The number of fused-ring (bicyclic) bond motifs is 1. The lowest BCUT2D eigenvalue weighted by Gasteiger charge is -2.14. The van der Waals surface area contributed by atoms with Gasteiger partial charge in [0.05, 0.1) is 28.1 Å². The Morgan fingerprint density at radius 3 is 2.47 bits per heavy atom. The fraction of sp³-hybridized carbons (Fsp3) is 0.120. The molecule has 0 spiro atoms. The van der Waals surface area contributed by atoms with Crippen LogP contribution in [0.1, 0.15) is 18.1 Å². The summed E-state index contributed by atoms with van der Waals surface area (Å²) in [4.78, 5) is 30.4. The number of rotatable bonds is 6. The van der Waals surface area contributed by atoms with Crippen LogP contribution in [0.25, 0.3) is 16.6 Å². The lowest BCUT2D eigenvalue weighted by Crippen LogP contribution is -2.25. The molecule has 1 heterocycles. The molecule has 0 aliphatic heterocycles.